The minimum Gasteiger partial charge on any atom is -0.384 e. The number of rotatable bonds is 3. The highest BCUT2D eigenvalue weighted by molar-refractivity contribution is 5.40. The summed E-state index contributed by atoms with van der Waals surface area (Å²) < 4.78 is 5.22. The Bertz CT molecular complexity index is 353. The number of hydrogen-bond donors (Lipinski definition) is 0. The van der Waals surface area contributed by atoms with Crippen LogP contribution in [0.15, 0.2) is 6.07 Å². The van der Waals surface area contributed by atoms with Crippen molar-refractivity contribution in [3.05, 3.63) is 17.6 Å². The average molecular weight is 235 g/mol. The van der Waals surface area contributed by atoms with E-state index in [1.807, 2.05) is 13.8 Å². The van der Waals surface area contributed by atoms with Crippen molar-refractivity contribution in [3.8, 4) is 0 Å². The van der Waals surface area contributed by atoms with E-state index >= 15 is 0 Å². The molecule has 0 atom stereocenters. The summed E-state index contributed by atoms with van der Waals surface area (Å²) in [7, 11) is 1.78. The van der Waals surface area contributed by atoms with Crippen molar-refractivity contribution in [1.29, 1.82) is 0 Å². The maximum absolute atomic E-state index is 5.22. The monoisotopic (exact) mass is 235 g/mol. The van der Waals surface area contributed by atoms with Crippen molar-refractivity contribution < 1.29 is 4.74 Å². The zero-order chi connectivity index (χ0) is 12.3. The van der Waals surface area contributed by atoms with Crippen LogP contribution in [-0.2, 0) is 4.74 Å². The number of aryl methyl sites for hydroxylation is 2. The molecule has 0 amide bonds. The second-order valence-corrected chi connectivity index (χ2v) is 4.80. The Morgan fingerprint density at radius 3 is 2.59 bits per heavy atom. The average Bonchev–Trinajstić information content (AvgIpc) is 2.29. The summed E-state index contributed by atoms with van der Waals surface area (Å²) in [5.41, 5.74) is 1.05. The van der Waals surface area contributed by atoms with Crippen molar-refractivity contribution >= 4 is 5.82 Å². The van der Waals surface area contributed by atoms with Crippen LogP contribution in [0.5, 0.6) is 0 Å². The molecule has 4 nitrogen and oxygen atoms in total. The predicted octanol–water partition coefficient (Wildman–Crippen LogP) is 1.96. The Labute approximate surface area is 103 Å². The maximum atomic E-state index is 5.22. The third-order valence-corrected chi connectivity index (χ3v) is 3.29. The van der Waals surface area contributed by atoms with Gasteiger partial charge in [0.05, 0.1) is 0 Å². The van der Waals surface area contributed by atoms with Crippen LogP contribution >= 0.6 is 0 Å². The molecule has 2 rings (SSSR count). The summed E-state index contributed by atoms with van der Waals surface area (Å²) in [6, 6.07) is 2.07. The molecule has 0 unspecified atom stereocenters. The molecule has 0 spiro atoms. The maximum Gasteiger partial charge on any atom is 0.132 e. The van der Waals surface area contributed by atoms with E-state index in [1.165, 1.54) is 12.8 Å². The van der Waals surface area contributed by atoms with Gasteiger partial charge in [0, 0.05) is 38.6 Å². The molecule has 17 heavy (non-hydrogen) atoms. The lowest BCUT2D eigenvalue weighted by Gasteiger charge is -2.32. The molecule has 94 valence electrons. The molecule has 4 heteroatoms. The van der Waals surface area contributed by atoms with Gasteiger partial charge in [-0.1, -0.05) is 0 Å². The first kappa shape index (κ1) is 12.3. The van der Waals surface area contributed by atoms with E-state index in [4.69, 9.17) is 4.74 Å². The van der Waals surface area contributed by atoms with E-state index in [-0.39, 0.29) is 0 Å². The molecule has 0 N–H and O–H groups in total. The van der Waals surface area contributed by atoms with Gasteiger partial charge in [-0.2, -0.15) is 0 Å². The number of ether oxygens (including phenoxy) is 1. The van der Waals surface area contributed by atoms with Crippen molar-refractivity contribution in [3.63, 3.8) is 0 Å². The molecule has 1 aliphatic heterocycles. The standard InChI is InChI=1S/C13H21N3O/c1-10-8-13(15-11(2)14-10)16-6-4-12(5-7-16)9-17-3/h8,12H,4-7,9H2,1-3H3. The molecule has 0 aromatic carbocycles. The highest BCUT2D eigenvalue weighted by Crippen LogP contribution is 2.22. The smallest absolute Gasteiger partial charge is 0.132 e. The molecule has 1 saturated heterocycles. The van der Waals surface area contributed by atoms with Gasteiger partial charge in [0.25, 0.3) is 0 Å². The van der Waals surface area contributed by atoms with Gasteiger partial charge in [0.2, 0.25) is 0 Å². The summed E-state index contributed by atoms with van der Waals surface area (Å²) in [6.45, 7) is 7.01. The van der Waals surface area contributed by atoms with E-state index in [1.54, 1.807) is 7.11 Å². The van der Waals surface area contributed by atoms with Gasteiger partial charge in [0.1, 0.15) is 11.6 Å². The molecule has 0 saturated carbocycles. The van der Waals surface area contributed by atoms with Crippen LogP contribution in [0.3, 0.4) is 0 Å². The highest BCUT2D eigenvalue weighted by Gasteiger charge is 2.20. The summed E-state index contributed by atoms with van der Waals surface area (Å²) >= 11 is 0. The van der Waals surface area contributed by atoms with Gasteiger partial charge in [-0.15, -0.1) is 0 Å². The normalized spacial score (nSPS) is 17.5. The number of piperidine rings is 1. The van der Waals surface area contributed by atoms with Crippen LogP contribution in [0.1, 0.15) is 24.4 Å². The molecule has 0 aliphatic carbocycles. The van der Waals surface area contributed by atoms with Crippen molar-refractivity contribution in [2.45, 2.75) is 26.7 Å². The number of nitrogens with zero attached hydrogens (tertiary/aromatic N) is 3. The summed E-state index contributed by atoms with van der Waals surface area (Å²) in [5.74, 6) is 2.64. The molecule has 1 aromatic heterocycles. The number of methoxy groups -OCH3 is 1. The lowest BCUT2D eigenvalue weighted by Crippen LogP contribution is -2.35. The van der Waals surface area contributed by atoms with E-state index in [9.17, 15) is 0 Å². The second-order valence-electron chi connectivity index (χ2n) is 4.80. The first-order valence-corrected chi connectivity index (χ1v) is 6.25. The summed E-state index contributed by atoms with van der Waals surface area (Å²) in [4.78, 5) is 11.2. The zero-order valence-corrected chi connectivity index (χ0v) is 10.9. The summed E-state index contributed by atoms with van der Waals surface area (Å²) in [6.07, 6.45) is 2.38. The van der Waals surface area contributed by atoms with Crippen LogP contribution in [-0.4, -0.2) is 36.8 Å². The van der Waals surface area contributed by atoms with Gasteiger partial charge in [-0.25, -0.2) is 9.97 Å². The molecule has 1 fully saturated rings. The van der Waals surface area contributed by atoms with Crippen molar-refractivity contribution in [2.24, 2.45) is 5.92 Å². The van der Waals surface area contributed by atoms with Gasteiger partial charge < -0.3 is 9.64 Å². The van der Waals surface area contributed by atoms with Crippen LogP contribution in [0.25, 0.3) is 0 Å². The van der Waals surface area contributed by atoms with E-state index in [2.05, 4.69) is 20.9 Å². The molecular weight excluding hydrogens is 214 g/mol. The van der Waals surface area contributed by atoms with Gasteiger partial charge >= 0.3 is 0 Å². The molecule has 2 heterocycles. The number of hydrogen-bond acceptors (Lipinski definition) is 4. The van der Waals surface area contributed by atoms with E-state index in [0.717, 1.165) is 37.0 Å². The first-order chi connectivity index (χ1) is 8.19. The number of aromatic nitrogens is 2. The van der Waals surface area contributed by atoms with Crippen LogP contribution in [0.4, 0.5) is 5.82 Å². The fourth-order valence-corrected chi connectivity index (χ4v) is 2.42. The summed E-state index contributed by atoms with van der Waals surface area (Å²) in [5, 5.41) is 0. The van der Waals surface area contributed by atoms with Crippen LogP contribution in [0.2, 0.25) is 0 Å². The molecular formula is C13H21N3O. The Kier molecular flexibility index (Phi) is 3.94. The molecule has 1 aromatic rings. The molecule has 0 radical (unpaired) electrons. The third-order valence-electron chi connectivity index (χ3n) is 3.29. The Morgan fingerprint density at radius 1 is 1.29 bits per heavy atom. The minimum atomic E-state index is 0.709. The SMILES string of the molecule is COCC1CCN(c2cc(C)nc(C)n2)CC1. The Morgan fingerprint density at radius 2 is 2.00 bits per heavy atom. The second kappa shape index (κ2) is 5.45. The predicted molar refractivity (Wildman–Crippen MR) is 68.3 cm³/mol. The van der Waals surface area contributed by atoms with Gasteiger partial charge in [-0.3, -0.25) is 0 Å². The Balaban J connectivity index is 2.00. The molecule has 1 aliphatic rings. The van der Waals surface area contributed by atoms with E-state index < -0.39 is 0 Å². The lowest BCUT2D eigenvalue weighted by atomic mass is 9.98. The van der Waals surface area contributed by atoms with Crippen molar-refractivity contribution in [2.75, 3.05) is 31.7 Å². The van der Waals surface area contributed by atoms with Crippen LogP contribution < -0.4 is 4.90 Å². The van der Waals surface area contributed by atoms with Crippen LogP contribution in [0, 0.1) is 19.8 Å². The van der Waals surface area contributed by atoms with Gasteiger partial charge in [0.15, 0.2) is 0 Å². The van der Waals surface area contributed by atoms with E-state index in [0.29, 0.717) is 5.92 Å². The molecule has 0 bridgehead atoms. The fraction of sp³-hybridized carbons (Fsp3) is 0.692. The first-order valence-electron chi connectivity index (χ1n) is 6.25. The van der Waals surface area contributed by atoms with Crippen molar-refractivity contribution in [1.82, 2.24) is 9.97 Å². The Hall–Kier alpha value is -1.16. The fourth-order valence-electron chi connectivity index (χ4n) is 2.42. The highest BCUT2D eigenvalue weighted by atomic mass is 16.5. The minimum absolute atomic E-state index is 0.709. The largest absolute Gasteiger partial charge is 0.384 e. The topological polar surface area (TPSA) is 38.2 Å². The van der Waals surface area contributed by atoms with Gasteiger partial charge in [-0.05, 0) is 32.6 Å². The number of anilines is 1. The quantitative estimate of drug-likeness (QED) is 0.802. The lowest BCUT2D eigenvalue weighted by molar-refractivity contribution is 0.139. The third kappa shape index (κ3) is 3.16. The zero-order valence-electron chi connectivity index (χ0n) is 10.9.